The number of benzene rings is 1. The molecule has 2 aromatic rings. The van der Waals surface area contributed by atoms with Crippen LogP contribution in [0.2, 0.25) is 0 Å². The molecule has 0 bridgehead atoms. The quantitative estimate of drug-likeness (QED) is 0.918. The Labute approximate surface area is 153 Å². The van der Waals surface area contributed by atoms with E-state index in [2.05, 4.69) is 10.4 Å². The van der Waals surface area contributed by atoms with Crippen LogP contribution >= 0.6 is 0 Å². The van der Waals surface area contributed by atoms with Crippen molar-refractivity contribution in [3.8, 4) is 5.69 Å². The molecule has 26 heavy (non-hydrogen) atoms. The van der Waals surface area contributed by atoms with E-state index in [1.807, 2.05) is 46.8 Å². The predicted octanol–water partition coefficient (Wildman–Crippen LogP) is 2.31. The van der Waals surface area contributed by atoms with Crippen LogP contribution in [0.25, 0.3) is 5.69 Å². The maximum Gasteiger partial charge on any atom is 0.253 e. The number of hydrogen-bond acceptors (Lipinski definition) is 3. The van der Waals surface area contributed by atoms with Crippen LogP contribution in [0.15, 0.2) is 36.5 Å². The molecule has 1 N–H and O–H groups in total. The third-order valence-corrected chi connectivity index (χ3v) is 5.27. The first-order valence-corrected chi connectivity index (χ1v) is 9.32. The van der Waals surface area contributed by atoms with Crippen molar-refractivity contribution in [3.05, 3.63) is 47.8 Å². The molecule has 0 unspecified atom stereocenters. The number of aryl methyl sites for hydroxylation is 1. The van der Waals surface area contributed by atoms with Crippen LogP contribution in [-0.4, -0.2) is 45.6 Å². The van der Waals surface area contributed by atoms with Crippen LogP contribution in [0, 0.1) is 12.8 Å². The van der Waals surface area contributed by atoms with Crippen molar-refractivity contribution < 1.29 is 9.59 Å². The number of nitrogens with zero attached hydrogens (tertiary/aromatic N) is 3. The number of amides is 2. The van der Waals surface area contributed by atoms with Gasteiger partial charge in [0.2, 0.25) is 5.91 Å². The molecular formula is C20H24N4O2. The van der Waals surface area contributed by atoms with Gasteiger partial charge in [-0.05, 0) is 62.9 Å². The molecule has 0 atom stereocenters. The van der Waals surface area contributed by atoms with Crippen LogP contribution in [0.3, 0.4) is 0 Å². The Morgan fingerprint density at radius 2 is 1.73 bits per heavy atom. The van der Waals surface area contributed by atoms with Gasteiger partial charge in [0.05, 0.1) is 5.69 Å². The molecule has 1 aromatic carbocycles. The highest BCUT2D eigenvalue weighted by Gasteiger charge is 2.32. The molecule has 2 amide bonds. The molecular weight excluding hydrogens is 328 g/mol. The summed E-state index contributed by atoms with van der Waals surface area (Å²) in [6.45, 7) is 3.38. The van der Waals surface area contributed by atoms with Gasteiger partial charge >= 0.3 is 0 Å². The lowest BCUT2D eigenvalue weighted by Crippen LogP contribution is -2.46. The molecule has 2 heterocycles. The van der Waals surface area contributed by atoms with Crippen LogP contribution in [0.5, 0.6) is 0 Å². The molecule has 6 heteroatoms. The number of carbonyl (C=O) groups is 2. The van der Waals surface area contributed by atoms with Gasteiger partial charge in [0.1, 0.15) is 0 Å². The third-order valence-electron chi connectivity index (χ3n) is 5.27. The van der Waals surface area contributed by atoms with E-state index < -0.39 is 0 Å². The highest BCUT2D eigenvalue weighted by molar-refractivity contribution is 5.94. The van der Waals surface area contributed by atoms with Gasteiger partial charge < -0.3 is 10.2 Å². The zero-order valence-electron chi connectivity index (χ0n) is 15.0. The predicted molar refractivity (Wildman–Crippen MR) is 98.1 cm³/mol. The highest BCUT2D eigenvalue weighted by Crippen LogP contribution is 2.29. The van der Waals surface area contributed by atoms with Gasteiger partial charge in [-0.1, -0.05) is 0 Å². The largest absolute Gasteiger partial charge is 0.353 e. The monoisotopic (exact) mass is 352 g/mol. The SMILES string of the molecule is Cc1ccnn1-c1ccc(C(=O)N2CCC(NC(=O)C3CC3)CC2)cc1. The van der Waals surface area contributed by atoms with Gasteiger partial charge in [0.15, 0.2) is 0 Å². The average Bonchev–Trinajstić information content (AvgIpc) is 3.43. The van der Waals surface area contributed by atoms with E-state index in [0.29, 0.717) is 18.7 Å². The van der Waals surface area contributed by atoms with E-state index in [4.69, 9.17) is 0 Å². The zero-order valence-corrected chi connectivity index (χ0v) is 15.0. The molecule has 1 aliphatic heterocycles. The number of hydrogen-bond donors (Lipinski definition) is 1. The topological polar surface area (TPSA) is 67.2 Å². The zero-order chi connectivity index (χ0) is 18.1. The smallest absolute Gasteiger partial charge is 0.253 e. The van der Waals surface area contributed by atoms with Gasteiger partial charge in [-0.15, -0.1) is 0 Å². The van der Waals surface area contributed by atoms with E-state index >= 15 is 0 Å². The maximum absolute atomic E-state index is 12.7. The summed E-state index contributed by atoms with van der Waals surface area (Å²) in [4.78, 5) is 26.5. The lowest BCUT2D eigenvalue weighted by molar-refractivity contribution is -0.123. The molecule has 136 valence electrons. The molecule has 4 rings (SSSR count). The summed E-state index contributed by atoms with van der Waals surface area (Å²) in [6.07, 6.45) is 5.47. The first-order chi connectivity index (χ1) is 12.6. The molecule has 2 aliphatic rings. The number of piperidine rings is 1. The van der Waals surface area contributed by atoms with Crippen molar-refractivity contribution in [3.63, 3.8) is 0 Å². The van der Waals surface area contributed by atoms with E-state index in [1.54, 1.807) is 6.20 Å². The van der Waals surface area contributed by atoms with E-state index in [-0.39, 0.29) is 23.8 Å². The molecule has 0 spiro atoms. The van der Waals surface area contributed by atoms with E-state index in [9.17, 15) is 9.59 Å². The number of aromatic nitrogens is 2. The minimum absolute atomic E-state index is 0.0562. The average molecular weight is 352 g/mol. The van der Waals surface area contributed by atoms with Crippen LogP contribution in [0.4, 0.5) is 0 Å². The number of rotatable bonds is 4. The number of likely N-dealkylation sites (tertiary alicyclic amines) is 1. The second-order valence-electron chi connectivity index (χ2n) is 7.28. The Hall–Kier alpha value is -2.63. The van der Waals surface area contributed by atoms with Gasteiger partial charge in [-0.2, -0.15) is 5.10 Å². The van der Waals surface area contributed by atoms with Crippen molar-refractivity contribution in [2.75, 3.05) is 13.1 Å². The summed E-state index contributed by atoms with van der Waals surface area (Å²) in [6, 6.07) is 9.73. The van der Waals surface area contributed by atoms with Crippen molar-refractivity contribution in [2.45, 2.75) is 38.6 Å². The number of carbonyl (C=O) groups excluding carboxylic acids is 2. The maximum atomic E-state index is 12.7. The number of nitrogens with one attached hydrogen (secondary N) is 1. The summed E-state index contributed by atoms with van der Waals surface area (Å²) in [5.74, 6) is 0.492. The molecule has 1 aromatic heterocycles. The molecule has 1 saturated heterocycles. The Morgan fingerprint density at radius 1 is 1.04 bits per heavy atom. The minimum Gasteiger partial charge on any atom is -0.353 e. The van der Waals surface area contributed by atoms with Crippen LogP contribution in [-0.2, 0) is 4.79 Å². The van der Waals surface area contributed by atoms with Crippen LogP contribution < -0.4 is 5.32 Å². The second kappa shape index (κ2) is 6.94. The van der Waals surface area contributed by atoms with Gasteiger partial charge in [-0.25, -0.2) is 4.68 Å². The molecule has 0 radical (unpaired) electrons. The van der Waals surface area contributed by atoms with Crippen molar-refractivity contribution in [1.29, 1.82) is 0 Å². The summed E-state index contributed by atoms with van der Waals surface area (Å²) >= 11 is 0. The first-order valence-electron chi connectivity index (χ1n) is 9.32. The fraction of sp³-hybridized carbons (Fsp3) is 0.450. The summed E-state index contributed by atoms with van der Waals surface area (Å²) in [5.41, 5.74) is 2.70. The highest BCUT2D eigenvalue weighted by atomic mass is 16.2. The Bertz CT molecular complexity index is 799. The lowest BCUT2D eigenvalue weighted by Gasteiger charge is -2.32. The van der Waals surface area contributed by atoms with Gasteiger partial charge in [-0.3, -0.25) is 9.59 Å². The molecule has 1 saturated carbocycles. The van der Waals surface area contributed by atoms with E-state index in [1.165, 1.54) is 0 Å². The summed E-state index contributed by atoms with van der Waals surface area (Å²) < 4.78 is 1.85. The minimum atomic E-state index is 0.0562. The van der Waals surface area contributed by atoms with Gasteiger partial charge in [0.25, 0.3) is 5.91 Å². The van der Waals surface area contributed by atoms with Crippen molar-refractivity contribution in [2.24, 2.45) is 5.92 Å². The fourth-order valence-corrected chi connectivity index (χ4v) is 3.46. The van der Waals surface area contributed by atoms with Crippen LogP contribution in [0.1, 0.15) is 41.7 Å². The normalized spacial score (nSPS) is 18.0. The second-order valence-corrected chi connectivity index (χ2v) is 7.28. The molecule has 6 nitrogen and oxygen atoms in total. The van der Waals surface area contributed by atoms with E-state index in [0.717, 1.165) is 37.1 Å². The Morgan fingerprint density at radius 3 is 2.31 bits per heavy atom. The first kappa shape index (κ1) is 16.8. The molecule has 1 aliphatic carbocycles. The standard InChI is InChI=1S/C20H24N4O2/c1-14-8-11-21-24(14)18-6-4-16(5-7-18)20(26)23-12-9-17(10-13-23)22-19(25)15-2-3-15/h4-8,11,15,17H,2-3,9-10,12-13H2,1H3,(H,22,25). The van der Waals surface area contributed by atoms with Gasteiger partial charge in [0, 0.05) is 42.5 Å². The fourth-order valence-electron chi connectivity index (χ4n) is 3.46. The lowest BCUT2D eigenvalue weighted by atomic mass is 10.0. The summed E-state index contributed by atoms with van der Waals surface area (Å²) in [7, 11) is 0. The Kier molecular flexibility index (Phi) is 4.49. The van der Waals surface area contributed by atoms with Crippen molar-refractivity contribution in [1.82, 2.24) is 20.0 Å². The Balaban J connectivity index is 1.34. The van der Waals surface area contributed by atoms with Crippen molar-refractivity contribution >= 4 is 11.8 Å². The molecule has 2 fully saturated rings. The summed E-state index contributed by atoms with van der Waals surface area (Å²) in [5, 5.41) is 7.41. The third kappa shape index (κ3) is 3.49.